The smallest absolute Gasteiger partial charge is 0.147 e. The fourth-order valence-corrected chi connectivity index (χ4v) is 1.05. The summed E-state index contributed by atoms with van der Waals surface area (Å²) in [6, 6.07) is 25.7. The van der Waals surface area contributed by atoms with E-state index < -0.39 is 0 Å². The van der Waals surface area contributed by atoms with Gasteiger partial charge in [-0.2, -0.15) is 0 Å². The zero-order chi connectivity index (χ0) is 15.6. The number of aromatic nitrogens is 2. The summed E-state index contributed by atoms with van der Waals surface area (Å²) in [7, 11) is 0. The molecule has 0 radical (unpaired) electrons. The van der Waals surface area contributed by atoms with Crippen LogP contribution in [-0.4, -0.2) is 10.4 Å². The summed E-state index contributed by atoms with van der Waals surface area (Å²) < 4.78 is 16.9. The van der Waals surface area contributed by atoms with Gasteiger partial charge in [0.1, 0.15) is 6.26 Å². The molecule has 0 aliphatic carbocycles. The molecule has 1 aromatic heterocycles. The van der Waals surface area contributed by atoms with Crippen LogP contribution in [0, 0.1) is 0 Å². The van der Waals surface area contributed by atoms with Crippen LogP contribution in [0.4, 0.5) is 0 Å². The second-order valence-electron chi connectivity index (χ2n) is 3.48. The molecule has 0 N–H and O–H groups in total. The van der Waals surface area contributed by atoms with E-state index in [0.717, 1.165) is 0 Å². The van der Waals surface area contributed by atoms with Crippen molar-refractivity contribution in [3.63, 3.8) is 0 Å². The molecular weight excluding hydrogens is 284 g/mol. The van der Waals surface area contributed by atoms with Crippen molar-refractivity contribution in [1.29, 1.82) is 0 Å². The summed E-state index contributed by atoms with van der Waals surface area (Å²) >= 11 is 0. The Labute approximate surface area is 127 Å². The Kier molecular flexibility index (Phi) is 10.8. The van der Waals surface area contributed by atoms with Crippen LogP contribution in [0.3, 0.4) is 0 Å². The van der Waals surface area contributed by atoms with Crippen LogP contribution < -0.4 is 0 Å². The van der Waals surface area contributed by atoms with Gasteiger partial charge in [-0.05, 0) is 21.6 Å². The van der Waals surface area contributed by atoms with Crippen LogP contribution in [0.2, 0.25) is 0 Å². The molecule has 0 bridgehead atoms. The second-order valence-corrected chi connectivity index (χ2v) is 3.48. The van der Waals surface area contributed by atoms with Crippen LogP contribution >= 0.6 is 0 Å². The van der Waals surface area contributed by atoms with Crippen LogP contribution in [0.5, 0.6) is 0 Å². The fraction of sp³-hybridized carbons (Fsp3) is 0. The van der Waals surface area contributed by atoms with Gasteiger partial charge in [0, 0.05) is 0 Å². The maximum atomic E-state index is 4.48. The Morgan fingerprint density at radius 3 is 1.59 bits per heavy atom. The normalized spacial score (nSPS) is 8.00. The lowest BCUT2D eigenvalue weighted by atomic mass is 10.4. The SMILES string of the molecule is c1ccccccccoooonnccccccc1. The first-order valence-corrected chi connectivity index (χ1v) is 6.38. The molecule has 1 aromatic rings. The van der Waals surface area contributed by atoms with E-state index in [1.54, 1.807) is 24.3 Å². The quantitative estimate of drug-likeness (QED) is 0.658. The Balaban J connectivity index is 3.00. The monoisotopic (exact) mass is 300 g/mol. The van der Waals surface area contributed by atoms with Gasteiger partial charge in [-0.25, -0.2) is 0 Å². The third kappa shape index (κ3) is 11.8. The minimum atomic E-state index is 1.26. The highest BCUT2D eigenvalue weighted by Crippen LogP contribution is 1.79. The van der Waals surface area contributed by atoms with E-state index in [4.69, 9.17) is 0 Å². The Morgan fingerprint density at radius 1 is 0.500 bits per heavy atom. The third-order valence-corrected chi connectivity index (χ3v) is 1.91. The molecule has 0 aliphatic rings. The van der Waals surface area contributed by atoms with E-state index in [2.05, 4.69) is 29.1 Å². The average Bonchev–Trinajstić information content (AvgIpc) is 2.53. The Hall–Kier alpha value is -3.28. The molecule has 0 atom stereocenters. The largest absolute Gasteiger partial charge is 0.257 e. The number of hydrogen-bond acceptors (Lipinski definition) is 6. The molecule has 0 spiro atoms. The van der Waals surface area contributed by atoms with Crippen molar-refractivity contribution in [2.24, 2.45) is 0 Å². The minimum Gasteiger partial charge on any atom is -0.257 e. The predicted molar refractivity (Wildman–Crippen MR) is 79.2 cm³/mol. The first-order valence-electron chi connectivity index (χ1n) is 6.38. The first kappa shape index (κ1) is 16.8. The van der Waals surface area contributed by atoms with Gasteiger partial charge >= 0.3 is 0 Å². The Morgan fingerprint density at radius 2 is 1.00 bits per heavy atom. The molecule has 0 fully saturated rings. The zero-order valence-corrected chi connectivity index (χ0v) is 11.8. The van der Waals surface area contributed by atoms with Gasteiger partial charge in [0.05, 0.1) is 11.5 Å². The lowest BCUT2D eigenvalue weighted by Gasteiger charge is -1.68. The van der Waals surface area contributed by atoms with Crippen molar-refractivity contribution in [2.75, 3.05) is 0 Å². The van der Waals surface area contributed by atoms with Gasteiger partial charge < -0.3 is 0 Å². The van der Waals surface area contributed by atoms with E-state index in [9.17, 15) is 0 Å². The van der Waals surface area contributed by atoms with E-state index in [1.165, 1.54) is 12.5 Å². The van der Waals surface area contributed by atoms with Gasteiger partial charge in [0.25, 0.3) is 0 Å². The third-order valence-electron chi connectivity index (χ3n) is 1.91. The van der Waals surface area contributed by atoms with E-state index in [-0.39, 0.29) is 0 Å². The van der Waals surface area contributed by atoms with Crippen molar-refractivity contribution in [2.45, 2.75) is 0 Å². The summed E-state index contributed by atoms with van der Waals surface area (Å²) in [6.07, 6.45) is 2.67. The second kappa shape index (κ2) is 14.1. The van der Waals surface area contributed by atoms with Gasteiger partial charge in [-0.15, -0.1) is 9.78 Å². The maximum Gasteiger partial charge on any atom is 0.147 e. The Bertz CT molecular complexity index is 396. The topological polar surface area (TPSA) is 78.3 Å². The molecule has 6 heteroatoms. The molecule has 0 amide bonds. The summed E-state index contributed by atoms with van der Waals surface area (Å²) in [5, 5.41) is 6.69. The molecule has 0 saturated heterocycles. The molecule has 0 aliphatic heterocycles. The van der Waals surface area contributed by atoms with E-state index in [0.29, 0.717) is 0 Å². The lowest BCUT2D eigenvalue weighted by molar-refractivity contribution is -0.316. The number of rotatable bonds is 0. The molecular formula is C16H16N2O4. The average molecular weight is 300 g/mol. The number of hydrogen-bond donors (Lipinski definition) is 0. The van der Waals surface area contributed by atoms with Crippen molar-refractivity contribution in [1.82, 2.24) is 10.4 Å². The van der Waals surface area contributed by atoms with Gasteiger partial charge in [-0.3, -0.25) is 4.58 Å². The molecule has 0 aromatic carbocycles. The molecule has 22 heavy (non-hydrogen) atoms. The first-order chi connectivity index (χ1) is 11.0. The van der Waals surface area contributed by atoms with Crippen LogP contribution in [0.15, 0.2) is 116 Å². The summed E-state index contributed by atoms with van der Waals surface area (Å²) in [5.74, 6) is 0. The lowest BCUT2D eigenvalue weighted by Crippen LogP contribution is -1.65. The molecule has 0 unspecified atom stereocenters. The fourth-order valence-electron chi connectivity index (χ4n) is 1.05. The van der Waals surface area contributed by atoms with Crippen molar-refractivity contribution in [3.05, 3.63) is 97.4 Å². The van der Waals surface area contributed by atoms with Crippen LogP contribution in [0.1, 0.15) is 0 Å². The van der Waals surface area contributed by atoms with Crippen molar-refractivity contribution < 1.29 is 18.7 Å². The predicted octanol–water partition coefficient (Wildman–Crippen LogP) is 4.47. The summed E-state index contributed by atoms with van der Waals surface area (Å²) in [6.45, 7) is 0. The van der Waals surface area contributed by atoms with Gasteiger partial charge in [-0.1, -0.05) is 72.8 Å². The summed E-state index contributed by atoms with van der Waals surface area (Å²) in [5.41, 5.74) is 0. The highest BCUT2D eigenvalue weighted by Gasteiger charge is 1.61. The highest BCUT2D eigenvalue weighted by molar-refractivity contribution is 4.97. The highest BCUT2D eigenvalue weighted by atomic mass is 17.4. The van der Waals surface area contributed by atoms with Gasteiger partial charge in [0.2, 0.25) is 0 Å². The van der Waals surface area contributed by atoms with Crippen LogP contribution in [-0.2, 0) is 0 Å². The molecule has 1 rings (SSSR count). The number of nitrogens with zero attached hydrogens (tertiary/aromatic N) is 2. The van der Waals surface area contributed by atoms with Crippen molar-refractivity contribution in [3.8, 4) is 0 Å². The van der Waals surface area contributed by atoms with E-state index in [1.807, 2.05) is 60.7 Å². The van der Waals surface area contributed by atoms with Crippen LogP contribution in [0.25, 0.3) is 0 Å². The minimum absolute atomic E-state index is 1.26. The molecule has 114 valence electrons. The molecule has 6 nitrogen and oxygen atoms in total. The molecule has 0 saturated carbocycles. The maximum absolute atomic E-state index is 4.48. The summed E-state index contributed by atoms with van der Waals surface area (Å²) in [4.78, 5) is 0. The zero-order valence-electron chi connectivity index (χ0n) is 11.8. The van der Waals surface area contributed by atoms with Crippen molar-refractivity contribution >= 4 is 0 Å². The van der Waals surface area contributed by atoms with Gasteiger partial charge in [0.15, 0.2) is 0 Å². The standard InChI is InChI=1S/C16H16N2O4/c1-2-4-6-8-10-12-14-16-19-21-22-20-18-17-15-13-11-9-7-5-3-1/h1-16H. The molecule has 1 heterocycles. The van der Waals surface area contributed by atoms with E-state index >= 15 is 0 Å².